The van der Waals surface area contributed by atoms with Crippen molar-refractivity contribution in [1.29, 1.82) is 0 Å². The van der Waals surface area contributed by atoms with E-state index in [0.717, 1.165) is 0 Å². The molecular weight excluding hydrogens is 59.0 g/mol. The Hall–Kier alpha value is -0.110. The molecule has 0 spiro atoms. The summed E-state index contributed by atoms with van der Waals surface area (Å²) < 4.78 is 14.9. The smallest absolute Gasteiger partial charge is 0.222 e. The third-order valence-electron chi connectivity index (χ3n) is 0.293. The molecule has 0 saturated carbocycles. The van der Waals surface area contributed by atoms with Crippen LogP contribution in [0.15, 0.2) is 0 Å². The second kappa shape index (κ2) is 0.432. The van der Waals surface area contributed by atoms with Gasteiger partial charge in [-0.15, -0.1) is 0 Å². The maximum absolute atomic E-state index is 10.9. The fourth-order valence-corrected chi connectivity index (χ4v) is 0.0364. The van der Waals surface area contributed by atoms with Gasteiger partial charge in [0.05, 0.1) is 0 Å². The molecule has 24 valence electrons. The summed E-state index contributed by atoms with van der Waals surface area (Å²) in [7, 11) is 0. The third-order valence-corrected chi connectivity index (χ3v) is 0.293. The standard InChI is InChI=1S/C2H3FO/c3-2-1-4-2/h2H,1H2. The molecule has 1 heterocycles. The minimum absolute atomic E-state index is 0.319. The predicted octanol–water partition coefficient (Wildman–Crippen LogP) is 0.312. The van der Waals surface area contributed by atoms with E-state index in [0.29, 0.717) is 6.61 Å². The van der Waals surface area contributed by atoms with Crippen LogP contribution < -0.4 is 0 Å². The summed E-state index contributed by atoms with van der Waals surface area (Å²) in [6.07, 6.45) is -0.917. The topological polar surface area (TPSA) is 12.5 Å². The average Bonchev–Trinajstić information content (AvgIpc) is 1.75. The van der Waals surface area contributed by atoms with Gasteiger partial charge in [-0.25, -0.2) is 4.39 Å². The van der Waals surface area contributed by atoms with Gasteiger partial charge in [-0.1, -0.05) is 0 Å². The molecule has 1 aliphatic heterocycles. The Balaban J connectivity index is 2.17. The molecule has 0 aromatic carbocycles. The number of alkyl halides is 1. The highest BCUT2D eigenvalue weighted by atomic mass is 19.2. The van der Waals surface area contributed by atoms with Crippen LogP contribution in [0.5, 0.6) is 0 Å². The van der Waals surface area contributed by atoms with Crippen molar-refractivity contribution in [2.75, 3.05) is 6.61 Å². The zero-order chi connectivity index (χ0) is 2.99. The van der Waals surface area contributed by atoms with Crippen LogP contribution in [0, 0.1) is 0 Å². The minimum Gasteiger partial charge on any atom is -0.341 e. The van der Waals surface area contributed by atoms with Crippen LogP contribution in [-0.4, -0.2) is 13.0 Å². The summed E-state index contributed by atoms with van der Waals surface area (Å²) in [5, 5.41) is 0. The van der Waals surface area contributed by atoms with Crippen molar-refractivity contribution in [2.45, 2.75) is 6.36 Å². The van der Waals surface area contributed by atoms with Gasteiger partial charge >= 0.3 is 0 Å². The predicted molar refractivity (Wildman–Crippen MR) is 10.8 cm³/mol. The van der Waals surface area contributed by atoms with Crippen molar-refractivity contribution >= 4 is 0 Å². The first-order valence-corrected chi connectivity index (χ1v) is 1.15. The van der Waals surface area contributed by atoms with Gasteiger partial charge in [0, 0.05) is 0 Å². The molecule has 0 N–H and O–H groups in total. The summed E-state index contributed by atoms with van der Waals surface area (Å²) >= 11 is 0. The Bertz CT molecular complexity index is 25.2. The molecule has 1 nitrogen and oxygen atoms in total. The number of ether oxygens (including phenoxy) is 1. The molecule has 2 heteroatoms. The van der Waals surface area contributed by atoms with Gasteiger partial charge in [-0.3, -0.25) is 0 Å². The van der Waals surface area contributed by atoms with Crippen LogP contribution in [0.2, 0.25) is 0 Å². The molecule has 0 aliphatic carbocycles. The maximum Gasteiger partial charge on any atom is 0.222 e. The maximum atomic E-state index is 10.9. The van der Waals surface area contributed by atoms with Crippen LogP contribution >= 0.6 is 0 Å². The van der Waals surface area contributed by atoms with Gasteiger partial charge < -0.3 is 4.74 Å². The van der Waals surface area contributed by atoms with Crippen molar-refractivity contribution in [3.63, 3.8) is 0 Å². The van der Waals surface area contributed by atoms with Gasteiger partial charge in [0.25, 0.3) is 0 Å². The fraction of sp³-hybridized carbons (Fsp3) is 1.00. The number of hydrogen-bond donors (Lipinski definition) is 0. The van der Waals surface area contributed by atoms with E-state index in [4.69, 9.17) is 0 Å². The lowest BCUT2D eigenvalue weighted by Gasteiger charge is -1.47. The molecule has 1 unspecified atom stereocenters. The van der Waals surface area contributed by atoms with Crippen LogP contribution in [0.25, 0.3) is 0 Å². The molecule has 1 aliphatic rings. The highest BCUT2D eigenvalue weighted by molar-refractivity contribution is 4.49. The highest BCUT2D eigenvalue weighted by Gasteiger charge is 2.19. The van der Waals surface area contributed by atoms with E-state index < -0.39 is 6.36 Å². The molecule has 0 bridgehead atoms. The van der Waals surface area contributed by atoms with Gasteiger partial charge in [0.15, 0.2) is 0 Å². The summed E-state index contributed by atoms with van der Waals surface area (Å²) in [4.78, 5) is 0. The van der Waals surface area contributed by atoms with Crippen molar-refractivity contribution < 1.29 is 9.13 Å². The van der Waals surface area contributed by atoms with Crippen LogP contribution in [0.4, 0.5) is 4.39 Å². The highest BCUT2D eigenvalue weighted by Crippen LogP contribution is 2.07. The minimum atomic E-state index is -0.917. The molecule has 1 atom stereocenters. The quantitative estimate of drug-likeness (QED) is 0.368. The SMILES string of the molecule is FC1CO1. The summed E-state index contributed by atoms with van der Waals surface area (Å²) in [6.45, 7) is 0.319. The average molecular weight is 62.0 g/mol. The normalized spacial score (nSPS) is 39.8. The number of halogens is 1. The molecule has 4 heavy (non-hydrogen) atoms. The largest absolute Gasteiger partial charge is 0.341 e. The number of epoxide rings is 1. The number of hydrogen-bond acceptors (Lipinski definition) is 1. The van der Waals surface area contributed by atoms with E-state index in [2.05, 4.69) is 4.74 Å². The van der Waals surface area contributed by atoms with Gasteiger partial charge in [-0.05, 0) is 0 Å². The first-order chi connectivity index (χ1) is 1.89. The Morgan fingerprint density at radius 2 is 2.25 bits per heavy atom. The Morgan fingerprint density at radius 1 is 2.00 bits per heavy atom. The zero-order valence-electron chi connectivity index (χ0n) is 2.07. The van der Waals surface area contributed by atoms with Crippen LogP contribution in [0.1, 0.15) is 0 Å². The summed E-state index contributed by atoms with van der Waals surface area (Å²) in [5.41, 5.74) is 0. The fourth-order valence-electron chi connectivity index (χ4n) is 0.0364. The Labute approximate surface area is 23.4 Å². The van der Waals surface area contributed by atoms with E-state index in [1.54, 1.807) is 0 Å². The molecule has 1 saturated heterocycles. The van der Waals surface area contributed by atoms with Crippen molar-refractivity contribution in [3.8, 4) is 0 Å². The third kappa shape index (κ3) is 0.179. The lowest BCUT2D eigenvalue weighted by atomic mass is 10.9. The van der Waals surface area contributed by atoms with E-state index >= 15 is 0 Å². The zero-order valence-corrected chi connectivity index (χ0v) is 2.07. The van der Waals surface area contributed by atoms with E-state index in [1.807, 2.05) is 0 Å². The first-order valence-electron chi connectivity index (χ1n) is 1.15. The lowest BCUT2D eigenvalue weighted by molar-refractivity contribution is 0.271. The molecule has 1 rings (SSSR count). The second-order valence-electron chi connectivity index (χ2n) is 0.743. The number of rotatable bonds is 0. The van der Waals surface area contributed by atoms with E-state index in [-0.39, 0.29) is 0 Å². The van der Waals surface area contributed by atoms with Gasteiger partial charge in [-0.2, -0.15) is 0 Å². The van der Waals surface area contributed by atoms with Crippen LogP contribution in [0.3, 0.4) is 0 Å². The summed E-state index contributed by atoms with van der Waals surface area (Å²) in [5.74, 6) is 0. The second-order valence-corrected chi connectivity index (χ2v) is 0.743. The molecule has 1 fully saturated rings. The Morgan fingerprint density at radius 3 is 2.25 bits per heavy atom. The molecule has 0 radical (unpaired) electrons. The van der Waals surface area contributed by atoms with Crippen molar-refractivity contribution in [2.24, 2.45) is 0 Å². The molecule has 0 amide bonds. The van der Waals surface area contributed by atoms with Crippen LogP contribution in [-0.2, 0) is 4.74 Å². The lowest BCUT2D eigenvalue weighted by Crippen LogP contribution is -1.55. The van der Waals surface area contributed by atoms with Gasteiger partial charge in [0.2, 0.25) is 6.36 Å². The summed E-state index contributed by atoms with van der Waals surface area (Å²) in [6, 6.07) is 0. The molecular formula is C2H3FO. The van der Waals surface area contributed by atoms with Crippen molar-refractivity contribution in [1.82, 2.24) is 0 Å². The Kier molecular flexibility index (Phi) is 0.232. The van der Waals surface area contributed by atoms with E-state index in [9.17, 15) is 4.39 Å². The van der Waals surface area contributed by atoms with Crippen molar-refractivity contribution in [3.05, 3.63) is 0 Å². The monoisotopic (exact) mass is 62.0 g/mol. The van der Waals surface area contributed by atoms with Gasteiger partial charge in [0.1, 0.15) is 6.61 Å². The molecule has 0 aromatic heterocycles. The molecule has 0 aromatic rings. The first kappa shape index (κ1) is 2.15. The van der Waals surface area contributed by atoms with E-state index in [1.165, 1.54) is 0 Å².